The molecule has 3 aliphatic heterocycles. The average molecular weight is 708 g/mol. The van der Waals surface area contributed by atoms with Crippen LogP contribution in [0.25, 0.3) is 32.1 Å². The van der Waals surface area contributed by atoms with Gasteiger partial charge >= 0.3 is 6.01 Å². The van der Waals surface area contributed by atoms with Gasteiger partial charge in [0, 0.05) is 30.5 Å². The van der Waals surface area contributed by atoms with Gasteiger partial charge in [-0.05, 0) is 31.0 Å². The van der Waals surface area contributed by atoms with E-state index in [0.717, 1.165) is 23.8 Å². The van der Waals surface area contributed by atoms with Crippen LogP contribution in [0.2, 0.25) is 5.02 Å². The maximum Gasteiger partial charge on any atom is 0.319 e. The second-order valence-corrected chi connectivity index (χ2v) is 13.5. The van der Waals surface area contributed by atoms with Gasteiger partial charge in [0.1, 0.15) is 47.6 Å². The van der Waals surface area contributed by atoms with Crippen molar-refractivity contribution in [3.05, 3.63) is 34.4 Å². The molecule has 7 rings (SSSR count). The first-order valence-electron chi connectivity index (χ1n) is 15.1. The number of nitrogens with one attached hydrogen (secondary N) is 1. The predicted molar refractivity (Wildman–Crippen MR) is 170 cm³/mol. The Bertz CT molecular complexity index is 1990. The van der Waals surface area contributed by atoms with Gasteiger partial charge in [-0.2, -0.15) is 15.2 Å². The normalized spacial score (nSPS) is 22.2. The summed E-state index contributed by atoms with van der Waals surface area (Å²) in [5.41, 5.74) is 4.65. The highest BCUT2D eigenvalue weighted by atomic mass is 35.5. The highest BCUT2D eigenvalue weighted by Gasteiger charge is 2.49. The van der Waals surface area contributed by atoms with E-state index >= 15 is 4.39 Å². The molecule has 0 aliphatic carbocycles. The van der Waals surface area contributed by atoms with Crippen LogP contribution in [0.4, 0.5) is 32.8 Å². The van der Waals surface area contributed by atoms with Crippen molar-refractivity contribution in [2.75, 3.05) is 50.0 Å². The fourth-order valence-corrected chi connectivity index (χ4v) is 8.50. The first-order valence-corrected chi connectivity index (χ1v) is 16.3. The molecule has 0 bridgehead atoms. The van der Waals surface area contributed by atoms with E-state index in [-0.39, 0.29) is 92.5 Å². The number of anilines is 2. The summed E-state index contributed by atoms with van der Waals surface area (Å²) in [6.07, 6.45) is -1.83. The topological polar surface area (TPSA) is 130 Å². The average Bonchev–Trinajstić information content (AvgIpc) is 3.67. The van der Waals surface area contributed by atoms with Crippen LogP contribution in [-0.4, -0.2) is 84.8 Å². The zero-order valence-corrected chi connectivity index (χ0v) is 26.6. The van der Waals surface area contributed by atoms with Gasteiger partial charge in [-0.15, -0.1) is 11.3 Å². The molecule has 10 nitrogen and oxygen atoms in total. The molecule has 4 aromatic rings. The van der Waals surface area contributed by atoms with Crippen molar-refractivity contribution in [3.63, 3.8) is 0 Å². The number of nitrogen functional groups attached to an aromatic ring is 1. The summed E-state index contributed by atoms with van der Waals surface area (Å²) in [6, 6.07) is 3.01. The molecule has 1 amide bonds. The zero-order valence-electron chi connectivity index (χ0n) is 25.0. The standard InChI is InChI=1S/C31H27ClF5N7O3S/c32-23-21(16-2-3-18(34)27-20(16)17(7-38)28(39)48-27)24(37)25-22-26(23)46-11-15(8-40-13-45)44(10-19(35)36)29(22)42-30(41-25)47-12-31-4-1-5-43(31)9-14(33)6-31/h2-3,13-15,19H,1,4-6,8-12,39H2,(H,40,45)/t14-,15+,31+/m1/s1. The predicted octanol–water partition coefficient (Wildman–Crippen LogP) is 5.43. The molecule has 48 heavy (non-hydrogen) atoms. The molecule has 252 valence electrons. The van der Waals surface area contributed by atoms with E-state index in [0.29, 0.717) is 19.4 Å². The molecule has 2 saturated heterocycles. The van der Waals surface area contributed by atoms with Gasteiger partial charge in [0.05, 0.1) is 38.8 Å². The Morgan fingerprint density at radius 3 is 2.88 bits per heavy atom. The number of thiophene rings is 1. The molecule has 2 fully saturated rings. The van der Waals surface area contributed by atoms with Crippen molar-refractivity contribution in [1.82, 2.24) is 20.2 Å². The number of hydrogen-bond donors (Lipinski definition) is 2. The Labute approximate surface area is 279 Å². The van der Waals surface area contributed by atoms with Crippen molar-refractivity contribution in [2.24, 2.45) is 0 Å². The molecule has 2 aromatic heterocycles. The highest BCUT2D eigenvalue weighted by Crippen LogP contribution is 2.51. The third kappa shape index (κ3) is 5.19. The molecule has 0 spiro atoms. The number of amides is 1. The summed E-state index contributed by atoms with van der Waals surface area (Å²) in [6.45, 7) is -0.409. The van der Waals surface area contributed by atoms with Crippen LogP contribution in [0.15, 0.2) is 12.1 Å². The van der Waals surface area contributed by atoms with E-state index < -0.39 is 47.9 Å². The second kappa shape index (κ2) is 12.4. The van der Waals surface area contributed by atoms with Crippen LogP contribution in [0, 0.1) is 23.0 Å². The number of nitrogens with two attached hydrogens (primary N) is 1. The number of ether oxygens (including phenoxy) is 2. The van der Waals surface area contributed by atoms with Gasteiger partial charge in [0.2, 0.25) is 6.41 Å². The lowest BCUT2D eigenvalue weighted by molar-refractivity contribution is -0.109. The smallest absolute Gasteiger partial charge is 0.319 e. The van der Waals surface area contributed by atoms with Gasteiger partial charge in [-0.3, -0.25) is 9.69 Å². The molecule has 0 unspecified atom stereocenters. The number of halogens is 6. The maximum atomic E-state index is 17.0. The lowest BCUT2D eigenvalue weighted by Gasteiger charge is -2.32. The van der Waals surface area contributed by atoms with Gasteiger partial charge in [-0.25, -0.2) is 22.0 Å². The molecule has 5 heterocycles. The molecule has 3 N–H and O–H groups in total. The van der Waals surface area contributed by atoms with Crippen molar-refractivity contribution in [3.8, 4) is 29.0 Å². The highest BCUT2D eigenvalue weighted by molar-refractivity contribution is 7.23. The van der Waals surface area contributed by atoms with Crippen LogP contribution in [-0.2, 0) is 4.79 Å². The number of benzene rings is 2. The number of fused-ring (bicyclic) bond motifs is 2. The number of carbonyl (C=O) groups is 1. The number of nitrogens with zero attached hydrogens (tertiary/aromatic N) is 5. The van der Waals surface area contributed by atoms with Crippen LogP contribution in [0.3, 0.4) is 0 Å². The summed E-state index contributed by atoms with van der Waals surface area (Å²) < 4.78 is 86.8. The van der Waals surface area contributed by atoms with Crippen LogP contribution in [0.1, 0.15) is 24.8 Å². The zero-order chi connectivity index (χ0) is 33.9. The summed E-state index contributed by atoms with van der Waals surface area (Å²) in [5.74, 6) is -2.04. The quantitative estimate of drug-likeness (QED) is 0.173. The SMILES string of the molecule is N#Cc1c(N)sc2c(F)ccc(-c3c(Cl)c4c5c(nc(OC[C@@]67CCCN6C[C@H](F)C7)nc5c3F)N(CC(F)F)[C@@H](CNC=O)CO4)c12. The number of alkyl halides is 3. The summed E-state index contributed by atoms with van der Waals surface area (Å²) in [5, 5.41) is 12.0. The van der Waals surface area contributed by atoms with Gasteiger partial charge in [0.25, 0.3) is 6.43 Å². The van der Waals surface area contributed by atoms with Crippen molar-refractivity contribution in [1.29, 1.82) is 5.26 Å². The molecule has 0 saturated carbocycles. The Kier molecular flexibility index (Phi) is 8.33. The minimum Gasteiger partial charge on any atom is -0.489 e. The van der Waals surface area contributed by atoms with Crippen LogP contribution in [0.5, 0.6) is 11.8 Å². The number of aromatic nitrogens is 2. The third-order valence-electron chi connectivity index (χ3n) is 9.28. The Hall–Kier alpha value is -4.20. The van der Waals surface area contributed by atoms with E-state index in [9.17, 15) is 27.6 Å². The molecule has 3 atom stereocenters. The van der Waals surface area contributed by atoms with E-state index in [1.54, 1.807) is 0 Å². The summed E-state index contributed by atoms with van der Waals surface area (Å²) in [4.78, 5) is 23.2. The molecular weight excluding hydrogens is 681 g/mol. The fourth-order valence-electron chi connectivity index (χ4n) is 7.22. The van der Waals surface area contributed by atoms with Crippen molar-refractivity contribution in [2.45, 2.75) is 43.4 Å². The number of carbonyl (C=O) groups excluding carboxylic acids is 1. The summed E-state index contributed by atoms with van der Waals surface area (Å²) in [7, 11) is 0. The number of nitriles is 1. The monoisotopic (exact) mass is 707 g/mol. The number of hydrogen-bond acceptors (Lipinski definition) is 10. The lowest BCUT2D eigenvalue weighted by Crippen LogP contribution is -2.47. The Balaban J connectivity index is 1.47. The van der Waals surface area contributed by atoms with E-state index in [2.05, 4.69) is 15.3 Å². The molecule has 17 heteroatoms. The first kappa shape index (κ1) is 32.4. The van der Waals surface area contributed by atoms with Gasteiger partial charge in [0.15, 0.2) is 11.6 Å². The van der Waals surface area contributed by atoms with E-state index in [1.165, 1.54) is 11.0 Å². The molecule has 2 aromatic carbocycles. The summed E-state index contributed by atoms with van der Waals surface area (Å²) >= 11 is 7.70. The fraction of sp³-hybridized carbons (Fsp3) is 0.419. The van der Waals surface area contributed by atoms with Crippen LogP contribution >= 0.6 is 22.9 Å². The minimum absolute atomic E-state index is 0.00233. The van der Waals surface area contributed by atoms with Crippen LogP contribution < -0.4 is 25.4 Å². The molecule has 3 aliphatic rings. The number of rotatable bonds is 9. The van der Waals surface area contributed by atoms with Crippen molar-refractivity contribution < 1.29 is 36.2 Å². The molecular formula is C31H27ClF5N7O3S. The lowest BCUT2D eigenvalue weighted by atomic mass is 9.95. The van der Waals surface area contributed by atoms with Gasteiger partial charge < -0.3 is 25.4 Å². The maximum absolute atomic E-state index is 17.0. The third-order valence-corrected chi connectivity index (χ3v) is 10.7. The Morgan fingerprint density at radius 2 is 2.12 bits per heavy atom. The van der Waals surface area contributed by atoms with Crippen molar-refractivity contribution >= 4 is 61.2 Å². The van der Waals surface area contributed by atoms with Gasteiger partial charge in [-0.1, -0.05) is 17.7 Å². The van der Waals surface area contributed by atoms with E-state index in [4.69, 9.17) is 26.8 Å². The Morgan fingerprint density at radius 1 is 1.31 bits per heavy atom. The minimum atomic E-state index is -2.88. The first-order chi connectivity index (χ1) is 23.1. The van der Waals surface area contributed by atoms with E-state index in [1.807, 2.05) is 11.0 Å². The molecule has 0 radical (unpaired) electrons. The second-order valence-electron chi connectivity index (χ2n) is 12.0. The largest absolute Gasteiger partial charge is 0.489 e.